The van der Waals surface area contributed by atoms with Crippen LogP contribution in [0.4, 0.5) is 0 Å². The Morgan fingerprint density at radius 2 is 0.620 bits per heavy atom. The van der Waals surface area contributed by atoms with E-state index < -0.39 is 8.07 Å². The number of rotatable bonds is 8. The fraction of sp³-hybridized carbons (Fsp3) is 0.0149. The van der Waals surface area contributed by atoms with Crippen molar-refractivity contribution in [3.05, 3.63) is 272 Å². The number of fused-ring (bicyclic) bond motifs is 9. The zero-order valence-corrected chi connectivity index (χ0v) is 40.2. The highest BCUT2D eigenvalue weighted by atomic mass is 28.3. The zero-order valence-electron chi connectivity index (χ0n) is 39.2. The van der Waals surface area contributed by atoms with E-state index in [1.54, 1.807) is 0 Å². The van der Waals surface area contributed by atoms with Crippen LogP contribution in [0.1, 0.15) is 5.56 Å². The molecule has 3 aromatic heterocycles. The van der Waals surface area contributed by atoms with E-state index in [2.05, 4.69) is 288 Å². The number of para-hydroxylation sites is 5. The summed E-state index contributed by atoms with van der Waals surface area (Å²) in [5.74, 6) is 0. The Bertz CT molecular complexity index is 4200. The molecule has 0 spiro atoms. The molecule has 0 fully saturated rings. The van der Waals surface area contributed by atoms with Gasteiger partial charge in [-0.2, -0.15) is 0 Å². The summed E-state index contributed by atoms with van der Waals surface area (Å²) >= 11 is 0. The highest BCUT2D eigenvalue weighted by Crippen LogP contribution is 2.42. The molecule has 0 N–H and O–H groups in total. The molecule has 0 saturated heterocycles. The number of aryl methyl sites for hydroxylation is 1. The fourth-order valence-electron chi connectivity index (χ4n) is 12.0. The van der Waals surface area contributed by atoms with Crippen LogP contribution in [0.15, 0.2) is 267 Å². The Kier molecular flexibility index (Phi) is 9.45. The Morgan fingerprint density at radius 3 is 1.15 bits per heavy atom. The van der Waals surface area contributed by atoms with Gasteiger partial charge in [-0.05, 0) is 94.4 Å². The van der Waals surface area contributed by atoms with Gasteiger partial charge < -0.3 is 13.7 Å². The fourth-order valence-corrected chi connectivity index (χ4v) is 16.8. The molecule has 0 aliphatic rings. The Hall–Kier alpha value is -8.96. The molecule has 0 amide bonds. The number of hydrogen-bond donors (Lipinski definition) is 0. The second-order valence-corrected chi connectivity index (χ2v) is 22.7. The van der Waals surface area contributed by atoms with Gasteiger partial charge in [0.15, 0.2) is 8.07 Å². The van der Waals surface area contributed by atoms with Crippen LogP contribution in [0.2, 0.25) is 0 Å². The van der Waals surface area contributed by atoms with Gasteiger partial charge in [-0.1, -0.05) is 206 Å². The van der Waals surface area contributed by atoms with Crippen molar-refractivity contribution in [1.29, 1.82) is 0 Å². The van der Waals surface area contributed by atoms with Crippen LogP contribution in [0, 0.1) is 6.92 Å². The molecule has 0 bridgehead atoms. The van der Waals surface area contributed by atoms with E-state index >= 15 is 0 Å². The molecular formula is C67H47N3Si. The quantitative estimate of drug-likeness (QED) is 0.107. The van der Waals surface area contributed by atoms with Crippen LogP contribution in [0.3, 0.4) is 0 Å². The predicted octanol–water partition coefficient (Wildman–Crippen LogP) is 14.3. The van der Waals surface area contributed by atoms with Crippen LogP contribution in [-0.2, 0) is 0 Å². The third-order valence-corrected chi connectivity index (χ3v) is 19.8. The van der Waals surface area contributed by atoms with Crippen LogP contribution in [-0.4, -0.2) is 21.8 Å². The van der Waals surface area contributed by atoms with Crippen molar-refractivity contribution in [2.75, 3.05) is 0 Å². The number of benzene rings is 11. The molecule has 0 aliphatic carbocycles. The molecule has 14 aromatic rings. The van der Waals surface area contributed by atoms with E-state index in [-0.39, 0.29) is 0 Å². The maximum absolute atomic E-state index is 2.88. The van der Waals surface area contributed by atoms with Gasteiger partial charge in [0.1, 0.15) is 0 Å². The topological polar surface area (TPSA) is 14.8 Å². The first-order valence-electron chi connectivity index (χ1n) is 24.6. The van der Waals surface area contributed by atoms with E-state index in [1.165, 1.54) is 86.3 Å². The molecule has 71 heavy (non-hydrogen) atoms. The number of nitrogens with zero attached hydrogens (tertiary/aromatic N) is 3. The maximum atomic E-state index is 2.56. The summed E-state index contributed by atoms with van der Waals surface area (Å²) in [6.07, 6.45) is 0. The zero-order chi connectivity index (χ0) is 47.0. The summed E-state index contributed by atoms with van der Waals surface area (Å²) in [4.78, 5) is 0. The monoisotopic (exact) mass is 921 g/mol. The third kappa shape index (κ3) is 6.21. The van der Waals surface area contributed by atoms with Crippen LogP contribution in [0.25, 0.3) is 93.6 Å². The second-order valence-electron chi connectivity index (χ2n) is 18.9. The van der Waals surface area contributed by atoms with Crippen LogP contribution < -0.4 is 20.7 Å². The maximum Gasteiger partial charge on any atom is 0.179 e. The van der Waals surface area contributed by atoms with Crippen molar-refractivity contribution in [3.8, 4) is 28.2 Å². The Morgan fingerprint density at radius 1 is 0.254 bits per heavy atom. The first-order valence-corrected chi connectivity index (χ1v) is 26.6. The van der Waals surface area contributed by atoms with Crippen molar-refractivity contribution in [3.63, 3.8) is 0 Å². The minimum absolute atomic E-state index is 1.13. The number of hydrogen-bond acceptors (Lipinski definition) is 0. The second kappa shape index (κ2) is 16.3. The molecule has 3 nitrogen and oxygen atoms in total. The van der Waals surface area contributed by atoms with E-state index in [0.29, 0.717) is 0 Å². The largest absolute Gasteiger partial charge is 0.309 e. The molecule has 0 atom stereocenters. The molecular weight excluding hydrogens is 875 g/mol. The van der Waals surface area contributed by atoms with E-state index in [9.17, 15) is 0 Å². The van der Waals surface area contributed by atoms with Crippen molar-refractivity contribution in [1.82, 2.24) is 13.7 Å². The van der Waals surface area contributed by atoms with Gasteiger partial charge in [-0.25, -0.2) is 0 Å². The summed E-state index contributed by atoms with van der Waals surface area (Å²) in [7, 11) is -2.88. The van der Waals surface area contributed by atoms with Crippen LogP contribution >= 0.6 is 0 Å². The van der Waals surface area contributed by atoms with Gasteiger partial charge in [-0.15, -0.1) is 0 Å². The molecule has 0 radical (unpaired) electrons. The molecule has 0 aliphatic heterocycles. The highest BCUT2D eigenvalue weighted by Gasteiger charge is 2.41. The average Bonchev–Trinajstić information content (AvgIpc) is 4.07. The summed E-state index contributed by atoms with van der Waals surface area (Å²) < 4.78 is 7.45. The normalized spacial score (nSPS) is 12.0. The SMILES string of the molecule is Cc1ccc2c(c1)c1ccccc1n2-c1ccc2c(c1)c1cc([Si](c3ccccc3)(c3ccccc3)c3ccccc3)ccc1n2-c1ccccc1-c1ccccc1-n1c2ccccc2c2ccccc21. The summed E-state index contributed by atoms with van der Waals surface area (Å²) in [5.41, 5.74) is 14.1. The average molecular weight is 922 g/mol. The molecule has 11 aromatic carbocycles. The van der Waals surface area contributed by atoms with Gasteiger partial charge in [0.25, 0.3) is 0 Å². The van der Waals surface area contributed by atoms with Crippen molar-refractivity contribution in [2.45, 2.75) is 6.92 Å². The van der Waals surface area contributed by atoms with Crippen molar-refractivity contribution >= 4 is 94.2 Å². The van der Waals surface area contributed by atoms with Crippen molar-refractivity contribution in [2.24, 2.45) is 0 Å². The lowest BCUT2D eigenvalue weighted by Gasteiger charge is -2.34. The lowest BCUT2D eigenvalue weighted by Crippen LogP contribution is -2.74. The first-order chi connectivity index (χ1) is 35.2. The van der Waals surface area contributed by atoms with Gasteiger partial charge in [0.2, 0.25) is 0 Å². The predicted molar refractivity (Wildman–Crippen MR) is 303 cm³/mol. The molecule has 0 unspecified atom stereocenters. The smallest absolute Gasteiger partial charge is 0.179 e. The molecule has 334 valence electrons. The highest BCUT2D eigenvalue weighted by molar-refractivity contribution is 7.20. The summed E-state index contributed by atoms with van der Waals surface area (Å²) in [5, 5.41) is 12.9. The third-order valence-electron chi connectivity index (χ3n) is 15.0. The van der Waals surface area contributed by atoms with Gasteiger partial charge in [0.05, 0.1) is 44.5 Å². The lowest BCUT2D eigenvalue weighted by atomic mass is 10.0. The van der Waals surface area contributed by atoms with E-state index in [1.807, 2.05) is 0 Å². The van der Waals surface area contributed by atoms with Gasteiger partial charge >= 0.3 is 0 Å². The van der Waals surface area contributed by atoms with E-state index in [0.717, 1.165) is 33.7 Å². The molecule has 3 heterocycles. The summed E-state index contributed by atoms with van der Waals surface area (Å²) in [6.45, 7) is 2.19. The minimum Gasteiger partial charge on any atom is -0.309 e. The van der Waals surface area contributed by atoms with Crippen molar-refractivity contribution < 1.29 is 0 Å². The molecule has 4 heteroatoms. The first kappa shape index (κ1) is 41.0. The van der Waals surface area contributed by atoms with Gasteiger partial charge in [-0.3, -0.25) is 0 Å². The summed E-state index contributed by atoms with van der Waals surface area (Å²) in [6, 6.07) is 99.6. The minimum atomic E-state index is -2.88. The Balaban J connectivity index is 1.08. The molecule has 0 saturated carbocycles. The Labute approximate surface area is 413 Å². The standard InChI is InChI=1S/C67H47N3Si/c1-46-37-40-65-57(43-46)56-31-15-16-32-60(56)68(65)47-38-41-66-58(44-47)59-45-51(71(48-21-5-2-6-22-48,49-23-7-3-8-24-49)50-25-9-4-10-26-50)39-42-67(59)70(66)64-36-20-14-30-55(64)54-29-13-19-35-63(54)69-61-33-17-11-27-52(61)53-28-12-18-34-62(53)69/h2-45H,1H3. The van der Waals surface area contributed by atoms with Gasteiger partial charge in [0, 0.05) is 49.1 Å². The number of aromatic nitrogens is 3. The molecule has 14 rings (SSSR count). The van der Waals surface area contributed by atoms with E-state index in [4.69, 9.17) is 0 Å². The lowest BCUT2D eigenvalue weighted by molar-refractivity contribution is 1.15. The van der Waals surface area contributed by atoms with Crippen LogP contribution in [0.5, 0.6) is 0 Å².